The summed E-state index contributed by atoms with van der Waals surface area (Å²) in [5, 5.41) is 0. The fourth-order valence-electron chi connectivity index (χ4n) is 4.77. The number of aryl methyl sites for hydroxylation is 1. The number of rotatable bonds is 7. The van der Waals surface area contributed by atoms with E-state index in [4.69, 9.17) is 9.47 Å². The van der Waals surface area contributed by atoms with Crippen LogP contribution in [0.3, 0.4) is 0 Å². The molecule has 0 N–H and O–H groups in total. The average molecular weight is 465 g/mol. The zero-order valence-corrected chi connectivity index (χ0v) is 21.4. The van der Waals surface area contributed by atoms with Gasteiger partial charge >= 0.3 is 11.9 Å². The third-order valence-corrected chi connectivity index (χ3v) is 6.99. The van der Waals surface area contributed by atoms with Crippen LogP contribution in [-0.2, 0) is 29.9 Å². The van der Waals surface area contributed by atoms with Gasteiger partial charge in [0.25, 0.3) is 0 Å². The molecule has 0 aliphatic heterocycles. The molecular weight excluding hydrogens is 428 g/mol. The fourth-order valence-corrected chi connectivity index (χ4v) is 4.77. The Morgan fingerprint density at radius 2 is 1.29 bits per heavy atom. The van der Waals surface area contributed by atoms with Crippen molar-refractivity contribution in [3.8, 4) is 0 Å². The van der Waals surface area contributed by atoms with Crippen molar-refractivity contribution in [2.45, 2.75) is 78.1 Å². The standard InChI is InChI=1S/C29H36O5/c1-8-33-26(31)24(27(32)34-9-2)19-10-12-20(13-11-19)25(30)21-17-23-22(16-18(21)3)28(4,5)14-15-29(23,6)7/h10-13,16-17,24H,8-9,14-15H2,1-7H3. The van der Waals surface area contributed by atoms with Crippen molar-refractivity contribution in [1.29, 1.82) is 0 Å². The highest BCUT2D eigenvalue weighted by Crippen LogP contribution is 2.46. The highest BCUT2D eigenvalue weighted by Gasteiger charge is 2.38. The summed E-state index contributed by atoms with van der Waals surface area (Å²) in [5.74, 6) is -2.56. The summed E-state index contributed by atoms with van der Waals surface area (Å²) in [6.45, 7) is 14.7. The van der Waals surface area contributed by atoms with Crippen molar-refractivity contribution < 1.29 is 23.9 Å². The van der Waals surface area contributed by atoms with Gasteiger partial charge in [0.2, 0.25) is 0 Å². The highest BCUT2D eigenvalue weighted by atomic mass is 16.6. The molecule has 5 nitrogen and oxygen atoms in total. The largest absolute Gasteiger partial charge is 0.465 e. The number of carbonyl (C=O) groups is 3. The van der Waals surface area contributed by atoms with Gasteiger partial charge in [-0.25, -0.2) is 0 Å². The third-order valence-electron chi connectivity index (χ3n) is 6.99. The molecule has 34 heavy (non-hydrogen) atoms. The van der Waals surface area contributed by atoms with Crippen LogP contribution < -0.4 is 0 Å². The molecule has 0 heterocycles. The van der Waals surface area contributed by atoms with Gasteiger partial charge < -0.3 is 9.47 Å². The lowest BCUT2D eigenvalue weighted by molar-refractivity contribution is -0.156. The number of ether oxygens (including phenoxy) is 2. The van der Waals surface area contributed by atoms with Gasteiger partial charge in [0.15, 0.2) is 11.7 Å². The van der Waals surface area contributed by atoms with Crippen molar-refractivity contribution in [3.05, 3.63) is 69.8 Å². The number of benzene rings is 2. The molecule has 0 radical (unpaired) electrons. The number of hydrogen-bond donors (Lipinski definition) is 0. The molecule has 0 bridgehead atoms. The summed E-state index contributed by atoms with van der Waals surface area (Å²) < 4.78 is 10.1. The Hall–Kier alpha value is -2.95. The van der Waals surface area contributed by atoms with Crippen molar-refractivity contribution in [2.75, 3.05) is 13.2 Å². The van der Waals surface area contributed by atoms with E-state index in [-0.39, 0.29) is 29.8 Å². The van der Waals surface area contributed by atoms with Crippen molar-refractivity contribution >= 4 is 17.7 Å². The van der Waals surface area contributed by atoms with E-state index < -0.39 is 17.9 Å². The zero-order valence-electron chi connectivity index (χ0n) is 21.4. The SMILES string of the molecule is CCOC(=O)C(C(=O)OCC)c1ccc(C(=O)c2cc3c(cc2C)C(C)(C)CCC3(C)C)cc1. The van der Waals surface area contributed by atoms with Crippen LogP contribution in [0.25, 0.3) is 0 Å². The molecule has 0 fully saturated rings. The number of hydrogen-bond acceptors (Lipinski definition) is 5. The Bertz CT molecular complexity index is 1070. The van der Waals surface area contributed by atoms with Crippen molar-refractivity contribution in [3.63, 3.8) is 0 Å². The van der Waals surface area contributed by atoms with Gasteiger partial charge in [0.05, 0.1) is 13.2 Å². The number of ketones is 1. The number of carbonyl (C=O) groups excluding carboxylic acids is 3. The Morgan fingerprint density at radius 3 is 1.76 bits per heavy atom. The minimum atomic E-state index is -1.17. The Morgan fingerprint density at radius 1 is 0.824 bits per heavy atom. The Labute approximate surface area is 202 Å². The smallest absolute Gasteiger partial charge is 0.324 e. The van der Waals surface area contributed by atoms with E-state index in [0.29, 0.717) is 16.7 Å². The maximum Gasteiger partial charge on any atom is 0.324 e. The zero-order chi connectivity index (χ0) is 25.3. The van der Waals surface area contributed by atoms with Gasteiger partial charge in [-0.2, -0.15) is 0 Å². The van der Waals surface area contributed by atoms with E-state index in [1.807, 2.05) is 6.92 Å². The first-order chi connectivity index (χ1) is 15.9. The second-order valence-electron chi connectivity index (χ2n) is 10.4. The van der Waals surface area contributed by atoms with E-state index >= 15 is 0 Å². The second-order valence-corrected chi connectivity index (χ2v) is 10.4. The maximum atomic E-state index is 13.5. The summed E-state index contributed by atoms with van der Waals surface area (Å²) in [4.78, 5) is 38.3. The molecule has 0 aromatic heterocycles. The van der Waals surface area contributed by atoms with Crippen LogP contribution in [0.2, 0.25) is 0 Å². The summed E-state index contributed by atoms with van der Waals surface area (Å²) in [6, 6.07) is 10.8. The predicted molar refractivity (Wildman–Crippen MR) is 132 cm³/mol. The van der Waals surface area contributed by atoms with Crippen LogP contribution in [0.15, 0.2) is 36.4 Å². The predicted octanol–water partition coefficient (Wildman–Crippen LogP) is 5.78. The molecule has 0 atom stereocenters. The first-order valence-corrected chi connectivity index (χ1v) is 12.1. The molecule has 2 aromatic rings. The number of esters is 2. The molecule has 3 rings (SSSR count). The molecule has 0 amide bonds. The first kappa shape index (κ1) is 25.7. The third kappa shape index (κ3) is 4.94. The van der Waals surface area contributed by atoms with Gasteiger partial charge in [0, 0.05) is 11.1 Å². The molecule has 0 spiro atoms. The molecule has 2 aromatic carbocycles. The van der Waals surface area contributed by atoms with E-state index in [1.54, 1.807) is 38.1 Å². The van der Waals surface area contributed by atoms with Gasteiger partial charge in [-0.05, 0) is 72.8 Å². The number of fused-ring (bicyclic) bond motifs is 1. The van der Waals surface area contributed by atoms with Gasteiger partial charge in [-0.15, -0.1) is 0 Å². The maximum absolute atomic E-state index is 13.5. The summed E-state index contributed by atoms with van der Waals surface area (Å²) in [6.07, 6.45) is 2.19. The first-order valence-electron chi connectivity index (χ1n) is 12.1. The molecule has 0 saturated carbocycles. The van der Waals surface area contributed by atoms with Gasteiger partial charge in [-0.3, -0.25) is 14.4 Å². The Kier molecular flexibility index (Phi) is 7.35. The van der Waals surface area contributed by atoms with E-state index in [0.717, 1.165) is 18.4 Å². The van der Waals surface area contributed by atoms with Crippen LogP contribution >= 0.6 is 0 Å². The van der Waals surface area contributed by atoms with Crippen LogP contribution in [0.4, 0.5) is 0 Å². The van der Waals surface area contributed by atoms with Gasteiger partial charge in [0.1, 0.15) is 0 Å². The van der Waals surface area contributed by atoms with E-state index in [2.05, 4.69) is 39.8 Å². The summed E-state index contributed by atoms with van der Waals surface area (Å²) >= 11 is 0. The monoisotopic (exact) mass is 464 g/mol. The van der Waals surface area contributed by atoms with E-state index in [9.17, 15) is 14.4 Å². The van der Waals surface area contributed by atoms with Crippen molar-refractivity contribution in [1.82, 2.24) is 0 Å². The minimum Gasteiger partial charge on any atom is -0.465 e. The lowest BCUT2D eigenvalue weighted by Crippen LogP contribution is -2.34. The Balaban J connectivity index is 1.97. The molecule has 1 aliphatic carbocycles. The fraction of sp³-hybridized carbons (Fsp3) is 0.483. The lowest BCUT2D eigenvalue weighted by Gasteiger charge is -2.42. The topological polar surface area (TPSA) is 69.7 Å². The van der Waals surface area contributed by atoms with E-state index in [1.165, 1.54) is 11.1 Å². The van der Waals surface area contributed by atoms with Crippen molar-refractivity contribution in [2.24, 2.45) is 0 Å². The van der Waals surface area contributed by atoms with Crippen LogP contribution in [-0.4, -0.2) is 30.9 Å². The molecule has 0 saturated heterocycles. The highest BCUT2D eigenvalue weighted by molar-refractivity contribution is 6.10. The lowest BCUT2D eigenvalue weighted by atomic mass is 9.62. The molecule has 0 unspecified atom stereocenters. The normalized spacial score (nSPS) is 16.0. The van der Waals surface area contributed by atoms with Crippen LogP contribution in [0.1, 0.15) is 98.5 Å². The average Bonchev–Trinajstić information content (AvgIpc) is 2.77. The molecule has 182 valence electrons. The van der Waals surface area contributed by atoms with Crippen LogP contribution in [0, 0.1) is 6.92 Å². The molecular formula is C29H36O5. The van der Waals surface area contributed by atoms with Gasteiger partial charge in [-0.1, -0.05) is 58.0 Å². The quantitative estimate of drug-likeness (QED) is 0.295. The second kappa shape index (κ2) is 9.73. The summed E-state index contributed by atoms with van der Waals surface area (Å²) in [7, 11) is 0. The summed E-state index contributed by atoms with van der Waals surface area (Å²) in [5.41, 5.74) is 5.22. The molecule has 5 heteroatoms. The minimum absolute atomic E-state index is 0.00391. The van der Waals surface area contributed by atoms with Crippen LogP contribution in [0.5, 0.6) is 0 Å². The molecule has 1 aliphatic rings.